The highest BCUT2D eigenvalue weighted by atomic mass is 35.5. The van der Waals surface area contributed by atoms with E-state index in [0.29, 0.717) is 40.3 Å². The molecule has 0 N–H and O–H groups in total. The normalized spacial score (nSPS) is 17.4. The summed E-state index contributed by atoms with van der Waals surface area (Å²) in [6, 6.07) is 10.3. The number of halogens is 2. The Kier molecular flexibility index (Phi) is 4.11. The smallest absolute Gasteiger partial charge is 0.363 e. The number of aliphatic imine (C=N–C) groups is 1. The second-order valence-electron chi connectivity index (χ2n) is 5.36. The standard InChI is InChI=1S/C18H11Cl2NO4/c19-11-2-3-12(13(20)9-11)17-21-14(18(22)25-17)7-10-1-4-15-16(8-10)24-6-5-23-15/h1-4,7-9H,5-6H2. The molecular weight excluding hydrogens is 365 g/mol. The first kappa shape index (κ1) is 16.0. The molecule has 5 nitrogen and oxygen atoms in total. The lowest BCUT2D eigenvalue weighted by Gasteiger charge is -2.18. The third kappa shape index (κ3) is 3.21. The second-order valence-corrected chi connectivity index (χ2v) is 6.21. The van der Waals surface area contributed by atoms with Gasteiger partial charge in [0.15, 0.2) is 17.2 Å². The zero-order valence-corrected chi connectivity index (χ0v) is 14.3. The van der Waals surface area contributed by atoms with Crippen LogP contribution in [-0.2, 0) is 9.53 Å². The van der Waals surface area contributed by atoms with E-state index in [9.17, 15) is 4.79 Å². The van der Waals surface area contributed by atoms with Crippen molar-refractivity contribution in [2.24, 2.45) is 4.99 Å². The molecule has 0 saturated carbocycles. The van der Waals surface area contributed by atoms with Crippen molar-refractivity contribution >= 4 is 41.1 Å². The molecule has 2 aliphatic rings. The highest BCUT2D eigenvalue weighted by molar-refractivity contribution is 6.37. The van der Waals surface area contributed by atoms with E-state index >= 15 is 0 Å². The molecule has 0 saturated heterocycles. The molecule has 2 aromatic carbocycles. The van der Waals surface area contributed by atoms with Gasteiger partial charge in [0.05, 0.1) is 10.6 Å². The minimum Gasteiger partial charge on any atom is -0.486 e. The quantitative estimate of drug-likeness (QED) is 0.585. The number of esters is 1. The van der Waals surface area contributed by atoms with Crippen LogP contribution in [-0.4, -0.2) is 25.1 Å². The minimum atomic E-state index is -0.545. The fourth-order valence-corrected chi connectivity index (χ4v) is 2.98. The van der Waals surface area contributed by atoms with Gasteiger partial charge in [-0.05, 0) is 42.0 Å². The van der Waals surface area contributed by atoms with Gasteiger partial charge >= 0.3 is 5.97 Å². The third-order valence-electron chi connectivity index (χ3n) is 3.65. The Morgan fingerprint density at radius 1 is 1.00 bits per heavy atom. The summed E-state index contributed by atoms with van der Waals surface area (Å²) in [7, 11) is 0. The molecule has 7 heteroatoms. The SMILES string of the molecule is O=C1OC(c2ccc(Cl)cc2Cl)=NC1=Cc1ccc2c(c1)OCCO2. The summed E-state index contributed by atoms with van der Waals surface area (Å²) in [5, 5.41) is 0.852. The number of hydrogen-bond donors (Lipinski definition) is 0. The molecule has 25 heavy (non-hydrogen) atoms. The maximum absolute atomic E-state index is 12.1. The Balaban J connectivity index is 1.67. The number of rotatable bonds is 2. The Hall–Kier alpha value is -2.50. The average Bonchev–Trinajstić information content (AvgIpc) is 2.95. The molecule has 0 fully saturated rings. The molecule has 0 atom stereocenters. The van der Waals surface area contributed by atoms with Crippen LogP contribution in [0.5, 0.6) is 11.5 Å². The van der Waals surface area contributed by atoms with E-state index in [-0.39, 0.29) is 11.6 Å². The van der Waals surface area contributed by atoms with E-state index < -0.39 is 5.97 Å². The van der Waals surface area contributed by atoms with Gasteiger partial charge in [-0.3, -0.25) is 0 Å². The molecule has 0 unspecified atom stereocenters. The summed E-state index contributed by atoms with van der Waals surface area (Å²) in [4.78, 5) is 16.3. The van der Waals surface area contributed by atoms with E-state index in [2.05, 4.69) is 4.99 Å². The van der Waals surface area contributed by atoms with E-state index in [1.807, 2.05) is 6.07 Å². The van der Waals surface area contributed by atoms with Gasteiger partial charge in [0.25, 0.3) is 0 Å². The maximum atomic E-state index is 12.1. The second kappa shape index (κ2) is 6.43. The fourth-order valence-electron chi connectivity index (χ4n) is 2.49. The van der Waals surface area contributed by atoms with Gasteiger partial charge in [-0.2, -0.15) is 0 Å². The molecule has 0 amide bonds. The average molecular weight is 376 g/mol. The van der Waals surface area contributed by atoms with Gasteiger partial charge in [0.2, 0.25) is 5.90 Å². The first-order valence-corrected chi connectivity index (χ1v) is 8.23. The highest BCUT2D eigenvalue weighted by Crippen LogP contribution is 2.32. The molecule has 0 spiro atoms. The van der Waals surface area contributed by atoms with Crippen molar-refractivity contribution in [2.75, 3.05) is 13.2 Å². The van der Waals surface area contributed by atoms with Crippen LogP contribution < -0.4 is 9.47 Å². The van der Waals surface area contributed by atoms with Crippen molar-refractivity contribution < 1.29 is 19.0 Å². The number of fused-ring (bicyclic) bond motifs is 1. The van der Waals surface area contributed by atoms with Crippen LogP contribution in [0.4, 0.5) is 0 Å². The zero-order chi connectivity index (χ0) is 17.4. The van der Waals surface area contributed by atoms with Gasteiger partial charge in [0.1, 0.15) is 13.2 Å². The van der Waals surface area contributed by atoms with Crippen molar-refractivity contribution in [2.45, 2.75) is 0 Å². The number of carbonyl (C=O) groups excluding carboxylic acids is 1. The maximum Gasteiger partial charge on any atom is 0.363 e. The predicted molar refractivity (Wildman–Crippen MR) is 94.5 cm³/mol. The van der Waals surface area contributed by atoms with Crippen LogP contribution in [0.15, 0.2) is 47.1 Å². The summed E-state index contributed by atoms with van der Waals surface area (Å²) < 4.78 is 16.2. The van der Waals surface area contributed by atoms with E-state index in [1.165, 1.54) is 0 Å². The molecule has 0 radical (unpaired) electrons. The Morgan fingerprint density at radius 2 is 1.80 bits per heavy atom. The molecule has 0 aromatic heterocycles. The highest BCUT2D eigenvalue weighted by Gasteiger charge is 2.26. The van der Waals surface area contributed by atoms with Crippen LogP contribution in [0.3, 0.4) is 0 Å². The molecule has 0 bridgehead atoms. The van der Waals surface area contributed by atoms with Crippen molar-refractivity contribution in [1.29, 1.82) is 0 Å². The fraction of sp³-hybridized carbons (Fsp3) is 0.111. The number of nitrogens with zero attached hydrogens (tertiary/aromatic N) is 1. The van der Waals surface area contributed by atoms with Crippen molar-refractivity contribution in [3.8, 4) is 11.5 Å². The minimum absolute atomic E-state index is 0.149. The Morgan fingerprint density at radius 3 is 2.60 bits per heavy atom. The van der Waals surface area contributed by atoms with Crippen molar-refractivity contribution in [1.82, 2.24) is 0 Å². The Labute approximate surface area is 153 Å². The van der Waals surface area contributed by atoms with Crippen LogP contribution in [0, 0.1) is 0 Å². The number of benzene rings is 2. The van der Waals surface area contributed by atoms with Crippen molar-refractivity contribution in [3.05, 3.63) is 63.3 Å². The number of cyclic esters (lactones) is 1. The molecule has 4 rings (SSSR count). The molecular formula is C18H11Cl2NO4. The summed E-state index contributed by atoms with van der Waals surface area (Å²) in [6.07, 6.45) is 1.62. The van der Waals surface area contributed by atoms with E-state index in [0.717, 1.165) is 5.56 Å². The topological polar surface area (TPSA) is 57.1 Å². The summed E-state index contributed by atoms with van der Waals surface area (Å²) in [6.45, 7) is 1.02. The first-order chi connectivity index (χ1) is 12.1. The van der Waals surface area contributed by atoms with Gasteiger partial charge < -0.3 is 14.2 Å². The van der Waals surface area contributed by atoms with Gasteiger partial charge in [0, 0.05) is 5.02 Å². The van der Waals surface area contributed by atoms with Gasteiger partial charge in [-0.15, -0.1) is 0 Å². The van der Waals surface area contributed by atoms with Crippen LogP contribution in [0.1, 0.15) is 11.1 Å². The zero-order valence-electron chi connectivity index (χ0n) is 12.8. The number of ether oxygens (including phenoxy) is 3. The Bertz CT molecular complexity index is 937. The van der Waals surface area contributed by atoms with Crippen LogP contribution in [0.25, 0.3) is 6.08 Å². The van der Waals surface area contributed by atoms with E-state index in [4.69, 9.17) is 37.4 Å². The molecule has 2 aliphatic heterocycles. The summed E-state index contributed by atoms with van der Waals surface area (Å²) in [5.41, 5.74) is 1.44. The third-order valence-corrected chi connectivity index (χ3v) is 4.20. The lowest BCUT2D eigenvalue weighted by molar-refractivity contribution is -0.129. The van der Waals surface area contributed by atoms with Gasteiger partial charge in [-0.1, -0.05) is 29.3 Å². The monoisotopic (exact) mass is 375 g/mol. The summed E-state index contributed by atoms with van der Waals surface area (Å²) in [5.74, 6) is 0.919. The largest absolute Gasteiger partial charge is 0.486 e. The van der Waals surface area contributed by atoms with Crippen LogP contribution in [0.2, 0.25) is 10.0 Å². The molecule has 2 aromatic rings. The predicted octanol–water partition coefficient (Wildman–Crippen LogP) is 4.11. The van der Waals surface area contributed by atoms with Crippen LogP contribution >= 0.6 is 23.2 Å². The van der Waals surface area contributed by atoms with Gasteiger partial charge in [-0.25, -0.2) is 9.79 Å². The molecule has 0 aliphatic carbocycles. The van der Waals surface area contributed by atoms with Crippen molar-refractivity contribution in [3.63, 3.8) is 0 Å². The molecule has 2 heterocycles. The lowest BCUT2D eigenvalue weighted by Crippen LogP contribution is -2.15. The summed E-state index contributed by atoms with van der Waals surface area (Å²) >= 11 is 12.0. The molecule has 126 valence electrons. The lowest BCUT2D eigenvalue weighted by atomic mass is 10.1. The first-order valence-electron chi connectivity index (χ1n) is 7.48. The number of hydrogen-bond acceptors (Lipinski definition) is 5. The van der Waals surface area contributed by atoms with E-state index in [1.54, 1.807) is 36.4 Å². The number of carbonyl (C=O) groups is 1.